The third-order valence-corrected chi connectivity index (χ3v) is 5.46. The van der Waals surface area contributed by atoms with Gasteiger partial charge in [-0.25, -0.2) is 19.3 Å². The summed E-state index contributed by atoms with van der Waals surface area (Å²) >= 11 is 0. The van der Waals surface area contributed by atoms with Crippen molar-refractivity contribution in [2.24, 2.45) is 0 Å². The summed E-state index contributed by atoms with van der Waals surface area (Å²) in [5.74, 6) is 2.23. The molecule has 0 bridgehead atoms. The Balaban J connectivity index is 1.58. The third-order valence-electron chi connectivity index (χ3n) is 5.46. The zero-order valence-corrected chi connectivity index (χ0v) is 18.2. The Morgan fingerprint density at radius 2 is 2.03 bits per heavy atom. The lowest BCUT2D eigenvalue weighted by atomic mass is 10.1. The van der Waals surface area contributed by atoms with Gasteiger partial charge in [-0.15, -0.1) is 0 Å². The monoisotopic (exact) mass is 429 g/mol. The third kappa shape index (κ3) is 4.31. The smallest absolute Gasteiger partial charge is 0.227 e. The summed E-state index contributed by atoms with van der Waals surface area (Å²) < 4.78 is 21.4. The number of alkyl halides is 1. The van der Waals surface area contributed by atoms with Crippen LogP contribution >= 0.6 is 0 Å². The van der Waals surface area contributed by atoms with E-state index in [9.17, 15) is 9.50 Å². The number of hydrogen-bond donors (Lipinski definition) is 2. The van der Waals surface area contributed by atoms with Gasteiger partial charge in [-0.1, -0.05) is 0 Å². The average molecular weight is 430 g/mol. The minimum atomic E-state index is -1.08. The molecule has 9 nitrogen and oxygen atoms in total. The summed E-state index contributed by atoms with van der Waals surface area (Å²) in [5, 5.41) is 13.3. The van der Waals surface area contributed by atoms with Gasteiger partial charge in [0.05, 0.1) is 24.4 Å². The zero-order chi connectivity index (χ0) is 22.1. The van der Waals surface area contributed by atoms with Crippen molar-refractivity contribution < 1.29 is 14.2 Å². The van der Waals surface area contributed by atoms with Gasteiger partial charge in [0.2, 0.25) is 5.95 Å². The fourth-order valence-corrected chi connectivity index (χ4v) is 3.96. The number of aromatic nitrogens is 5. The summed E-state index contributed by atoms with van der Waals surface area (Å²) in [7, 11) is 1.53. The van der Waals surface area contributed by atoms with E-state index in [0.717, 1.165) is 5.52 Å². The fourth-order valence-electron chi connectivity index (χ4n) is 3.96. The molecule has 1 fully saturated rings. The summed E-state index contributed by atoms with van der Waals surface area (Å²) in [4.78, 5) is 19.6. The first kappa shape index (κ1) is 21.4. The van der Waals surface area contributed by atoms with E-state index >= 15 is 0 Å². The van der Waals surface area contributed by atoms with Gasteiger partial charge in [0.1, 0.15) is 35.3 Å². The van der Waals surface area contributed by atoms with Crippen molar-refractivity contribution in [3.05, 3.63) is 30.4 Å². The maximum atomic E-state index is 14.3. The minimum absolute atomic E-state index is 0.124. The SMILES string of the molecule is CO[C@@H]1CCN(c2nccc(Nc3cc4c(cn3)nc(C(C)O)n4C(C)C)n2)C[C@@H]1F. The number of hydrogen-bond acceptors (Lipinski definition) is 8. The molecule has 1 aliphatic heterocycles. The van der Waals surface area contributed by atoms with Crippen LogP contribution in [0, 0.1) is 0 Å². The maximum absolute atomic E-state index is 14.3. The van der Waals surface area contributed by atoms with E-state index in [0.29, 0.717) is 41.9 Å². The van der Waals surface area contributed by atoms with Gasteiger partial charge in [0.25, 0.3) is 0 Å². The van der Waals surface area contributed by atoms with Crippen LogP contribution in [-0.2, 0) is 4.74 Å². The number of halogens is 1. The van der Waals surface area contributed by atoms with E-state index in [1.54, 1.807) is 25.4 Å². The Morgan fingerprint density at radius 1 is 1.23 bits per heavy atom. The molecule has 1 saturated heterocycles. The summed E-state index contributed by atoms with van der Waals surface area (Å²) in [5.41, 5.74) is 1.59. The number of rotatable bonds is 6. The second kappa shape index (κ2) is 8.72. The number of methoxy groups -OCH3 is 1. The molecule has 4 heterocycles. The van der Waals surface area contributed by atoms with E-state index in [1.165, 1.54) is 7.11 Å². The minimum Gasteiger partial charge on any atom is -0.385 e. The van der Waals surface area contributed by atoms with Crippen molar-refractivity contribution in [1.82, 2.24) is 24.5 Å². The highest BCUT2D eigenvalue weighted by molar-refractivity contribution is 5.79. The Kier molecular flexibility index (Phi) is 6.01. The van der Waals surface area contributed by atoms with E-state index in [1.807, 2.05) is 29.4 Å². The van der Waals surface area contributed by atoms with Crippen LogP contribution in [0.15, 0.2) is 24.5 Å². The van der Waals surface area contributed by atoms with Gasteiger partial charge in [-0.2, -0.15) is 4.98 Å². The molecule has 1 aliphatic rings. The second-order valence-electron chi connectivity index (χ2n) is 8.06. The molecule has 2 N–H and O–H groups in total. The van der Waals surface area contributed by atoms with Gasteiger partial charge in [-0.05, 0) is 33.3 Å². The molecule has 3 aromatic rings. The molecular weight excluding hydrogens is 401 g/mol. The van der Waals surface area contributed by atoms with E-state index in [-0.39, 0.29) is 18.7 Å². The van der Waals surface area contributed by atoms with Crippen molar-refractivity contribution >= 4 is 28.6 Å². The maximum Gasteiger partial charge on any atom is 0.227 e. The Labute approximate surface area is 180 Å². The first-order valence-corrected chi connectivity index (χ1v) is 10.4. The molecule has 1 unspecified atom stereocenters. The number of ether oxygens (including phenoxy) is 1. The second-order valence-corrected chi connectivity index (χ2v) is 8.06. The molecule has 166 valence electrons. The van der Waals surface area contributed by atoms with Crippen molar-refractivity contribution in [2.75, 3.05) is 30.4 Å². The molecule has 0 spiro atoms. The molecule has 10 heteroatoms. The van der Waals surface area contributed by atoms with Crippen LogP contribution in [0.5, 0.6) is 0 Å². The molecule has 3 aromatic heterocycles. The number of piperidine rings is 1. The number of fused-ring (bicyclic) bond motifs is 1. The van der Waals surface area contributed by atoms with Crippen molar-refractivity contribution in [2.45, 2.75) is 51.6 Å². The highest BCUT2D eigenvalue weighted by Crippen LogP contribution is 2.27. The lowest BCUT2D eigenvalue weighted by molar-refractivity contribution is 0.0194. The summed E-state index contributed by atoms with van der Waals surface area (Å²) in [6.07, 6.45) is 1.75. The molecule has 0 radical (unpaired) electrons. The quantitative estimate of drug-likeness (QED) is 0.616. The van der Waals surface area contributed by atoms with Gasteiger partial charge >= 0.3 is 0 Å². The predicted octanol–water partition coefficient (Wildman–Crippen LogP) is 3.16. The van der Waals surface area contributed by atoms with E-state index in [4.69, 9.17) is 4.74 Å². The average Bonchev–Trinajstić information content (AvgIpc) is 3.13. The van der Waals surface area contributed by atoms with Gasteiger partial charge in [-0.3, -0.25) is 0 Å². The first-order valence-electron chi connectivity index (χ1n) is 10.4. The highest BCUT2D eigenvalue weighted by atomic mass is 19.1. The number of nitrogens with one attached hydrogen (secondary N) is 1. The molecule has 0 amide bonds. The highest BCUT2D eigenvalue weighted by Gasteiger charge is 2.30. The van der Waals surface area contributed by atoms with Gasteiger partial charge in [0.15, 0.2) is 0 Å². The number of nitrogens with zero attached hydrogens (tertiary/aromatic N) is 6. The number of imidazole rings is 1. The van der Waals surface area contributed by atoms with Gasteiger partial charge in [0, 0.05) is 32.0 Å². The molecule has 4 rings (SSSR count). The number of aliphatic hydroxyl groups is 1. The van der Waals surface area contributed by atoms with E-state index < -0.39 is 12.3 Å². The topological polar surface area (TPSA) is 101 Å². The first-order chi connectivity index (χ1) is 14.9. The lowest BCUT2D eigenvalue weighted by Gasteiger charge is -2.33. The van der Waals surface area contributed by atoms with Crippen LogP contribution in [-0.4, -0.2) is 62.1 Å². The van der Waals surface area contributed by atoms with Crippen LogP contribution in [0.4, 0.5) is 22.0 Å². The molecule has 3 atom stereocenters. The van der Waals surface area contributed by atoms with Crippen LogP contribution in [0.25, 0.3) is 11.0 Å². The largest absolute Gasteiger partial charge is 0.385 e. The van der Waals surface area contributed by atoms with Crippen molar-refractivity contribution in [3.63, 3.8) is 0 Å². The molecular formula is C21H28FN7O2. The standard InChI is InChI=1S/C21H28FN7O2/c1-12(2)29-16-9-19(24-10-15(16)25-20(29)13(3)30)26-18-5-7-23-21(27-18)28-8-6-17(31-4)14(22)11-28/h5,7,9-10,12-14,17,30H,6,8,11H2,1-4H3,(H,23,24,26,27)/t13?,14-,17+/m0/s1. The zero-order valence-electron chi connectivity index (χ0n) is 18.2. The van der Waals surface area contributed by atoms with Crippen LogP contribution in [0.2, 0.25) is 0 Å². The van der Waals surface area contributed by atoms with Crippen LogP contribution in [0.3, 0.4) is 0 Å². The number of aliphatic hydroxyl groups excluding tert-OH is 1. The van der Waals surface area contributed by atoms with Crippen LogP contribution in [0.1, 0.15) is 45.2 Å². The molecule has 0 aliphatic carbocycles. The molecule has 31 heavy (non-hydrogen) atoms. The molecule has 0 saturated carbocycles. The Bertz CT molecular complexity index is 1060. The summed E-state index contributed by atoms with van der Waals surface area (Å²) in [6.45, 7) is 6.61. The Morgan fingerprint density at radius 3 is 2.71 bits per heavy atom. The lowest BCUT2D eigenvalue weighted by Crippen LogP contribution is -2.46. The van der Waals surface area contributed by atoms with Gasteiger partial charge < -0.3 is 24.6 Å². The number of pyridine rings is 1. The normalized spacial score (nSPS) is 20.4. The van der Waals surface area contributed by atoms with Crippen molar-refractivity contribution in [3.8, 4) is 0 Å². The number of anilines is 3. The molecule has 0 aromatic carbocycles. The predicted molar refractivity (Wildman–Crippen MR) is 116 cm³/mol. The van der Waals surface area contributed by atoms with Crippen LogP contribution < -0.4 is 10.2 Å². The van der Waals surface area contributed by atoms with Crippen molar-refractivity contribution in [1.29, 1.82) is 0 Å². The summed E-state index contributed by atoms with van der Waals surface area (Å²) in [6, 6.07) is 3.75. The van der Waals surface area contributed by atoms with E-state index in [2.05, 4.69) is 25.3 Å². The fraction of sp³-hybridized carbons (Fsp3) is 0.524. The Hall–Kier alpha value is -2.85.